The first-order chi connectivity index (χ1) is 9.81. The zero-order valence-corrected chi connectivity index (χ0v) is 11.9. The maximum atomic E-state index is 5.11. The van der Waals surface area contributed by atoms with Gasteiger partial charge in [-0.1, -0.05) is 6.92 Å². The minimum Gasteiger partial charge on any atom is -0.481 e. The summed E-state index contributed by atoms with van der Waals surface area (Å²) >= 11 is 0. The van der Waals surface area contributed by atoms with Crippen molar-refractivity contribution in [3.05, 3.63) is 42.2 Å². The number of nitrogens with one attached hydrogen (secondary N) is 2. The Morgan fingerprint density at radius 3 is 2.75 bits per heavy atom. The summed E-state index contributed by atoms with van der Waals surface area (Å²) < 4.78 is 5.11. The first-order valence-electron chi connectivity index (χ1n) is 6.74. The van der Waals surface area contributed by atoms with Gasteiger partial charge >= 0.3 is 0 Å². The van der Waals surface area contributed by atoms with Gasteiger partial charge in [0.2, 0.25) is 5.88 Å². The van der Waals surface area contributed by atoms with Gasteiger partial charge in [0.25, 0.3) is 0 Å². The lowest BCUT2D eigenvalue weighted by atomic mass is 10.2. The van der Waals surface area contributed by atoms with E-state index in [0.29, 0.717) is 5.88 Å². The summed E-state index contributed by atoms with van der Waals surface area (Å²) in [6, 6.07) is 7.85. The predicted molar refractivity (Wildman–Crippen MR) is 81.1 cm³/mol. The normalized spacial score (nSPS) is 10.1. The Labute approximate surface area is 119 Å². The number of hydrogen-bond acceptors (Lipinski definition) is 5. The van der Waals surface area contributed by atoms with Gasteiger partial charge in [-0.05, 0) is 24.1 Å². The molecule has 0 saturated carbocycles. The highest BCUT2D eigenvalue weighted by molar-refractivity contribution is 5.52. The SMILES string of the molecule is CCCNc1cc(NCc2ccnc(OC)c2)ccn1. The molecule has 0 radical (unpaired) electrons. The molecule has 2 aromatic heterocycles. The fraction of sp³-hybridized carbons (Fsp3) is 0.333. The molecule has 0 aliphatic rings. The van der Waals surface area contributed by atoms with E-state index in [2.05, 4.69) is 27.5 Å². The number of aromatic nitrogens is 2. The molecule has 2 heterocycles. The van der Waals surface area contributed by atoms with E-state index in [1.165, 1.54) is 0 Å². The van der Waals surface area contributed by atoms with Crippen LogP contribution in [0.4, 0.5) is 11.5 Å². The summed E-state index contributed by atoms with van der Waals surface area (Å²) in [4.78, 5) is 8.37. The highest BCUT2D eigenvalue weighted by atomic mass is 16.5. The van der Waals surface area contributed by atoms with Crippen molar-refractivity contribution in [1.82, 2.24) is 9.97 Å². The van der Waals surface area contributed by atoms with Crippen molar-refractivity contribution in [2.24, 2.45) is 0 Å². The van der Waals surface area contributed by atoms with Gasteiger partial charge in [0.1, 0.15) is 5.82 Å². The predicted octanol–water partition coefficient (Wildman–Crippen LogP) is 2.92. The summed E-state index contributed by atoms with van der Waals surface area (Å²) in [5.74, 6) is 1.52. The van der Waals surface area contributed by atoms with Gasteiger partial charge in [-0.25, -0.2) is 9.97 Å². The van der Waals surface area contributed by atoms with Gasteiger partial charge < -0.3 is 15.4 Å². The molecule has 0 atom stereocenters. The van der Waals surface area contributed by atoms with Gasteiger partial charge in [0.15, 0.2) is 0 Å². The monoisotopic (exact) mass is 272 g/mol. The number of nitrogens with zero attached hydrogens (tertiary/aromatic N) is 2. The first-order valence-corrected chi connectivity index (χ1v) is 6.74. The lowest BCUT2D eigenvalue weighted by molar-refractivity contribution is 0.397. The minimum atomic E-state index is 0.629. The quantitative estimate of drug-likeness (QED) is 0.811. The van der Waals surface area contributed by atoms with Gasteiger partial charge in [-0.2, -0.15) is 0 Å². The van der Waals surface area contributed by atoms with Crippen LogP contribution in [0.15, 0.2) is 36.7 Å². The molecule has 0 aliphatic carbocycles. The number of anilines is 2. The molecular formula is C15H20N4O. The van der Waals surface area contributed by atoms with E-state index in [4.69, 9.17) is 4.74 Å². The van der Waals surface area contributed by atoms with Crippen LogP contribution in [0.2, 0.25) is 0 Å². The lowest BCUT2D eigenvalue weighted by Gasteiger charge is -2.09. The second-order valence-corrected chi connectivity index (χ2v) is 4.42. The van der Waals surface area contributed by atoms with Crippen LogP contribution >= 0.6 is 0 Å². The molecule has 0 unspecified atom stereocenters. The molecule has 0 amide bonds. The van der Waals surface area contributed by atoms with Crippen molar-refractivity contribution in [2.45, 2.75) is 19.9 Å². The molecule has 0 bridgehead atoms. The average molecular weight is 272 g/mol. The maximum absolute atomic E-state index is 5.11. The fourth-order valence-electron chi connectivity index (χ4n) is 1.77. The molecule has 0 aromatic carbocycles. The summed E-state index contributed by atoms with van der Waals surface area (Å²) in [6.07, 6.45) is 4.63. The molecule has 5 heteroatoms. The van der Waals surface area contributed by atoms with Crippen LogP contribution in [0, 0.1) is 0 Å². The Hall–Kier alpha value is -2.30. The van der Waals surface area contributed by atoms with Crippen LogP contribution < -0.4 is 15.4 Å². The Kier molecular flexibility index (Phi) is 5.17. The van der Waals surface area contributed by atoms with E-state index < -0.39 is 0 Å². The molecular weight excluding hydrogens is 252 g/mol. The fourth-order valence-corrected chi connectivity index (χ4v) is 1.77. The van der Waals surface area contributed by atoms with Gasteiger partial charge in [0.05, 0.1) is 7.11 Å². The molecule has 0 spiro atoms. The summed E-state index contributed by atoms with van der Waals surface area (Å²) in [6.45, 7) is 3.78. The van der Waals surface area contributed by atoms with E-state index in [9.17, 15) is 0 Å². The Morgan fingerprint density at radius 2 is 1.95 bits per heavy atom. The van der Waals surface area contributed by atoms with Crippen molar-refractivity contribution in [3.63, 3.8) is 0 Å². The van der Waals surface area contributed by atoms with E-state index in [1.54, 1.807) is 19.5 Å². The van der Waals surface area contributed by atoms with Crippen LogP contribution in [-0.2, 0) is 6.54 Å². The van der Waals surface area contributed by atoms with E-state index >= 15 is 0 Å². The smallest absolute Gasteiger partial charge is 0.213 e. The zero-order chi connectivity index (χ0) is 14.2. The van der Waals surface area contributed by atoms with Crippen molar-refractivity contribution in [3.8, 4) is 5.88 Å². The third kappa shape index (κ3) is 4.12. The highest BCUT2D eigenvalue weighted by Gasteiger charge is 1.99. The first kappa shape index (κ1) is 14.1. The Morgan fingerprint density at radius 1 is 1.10 bits per heavy atom. The lowest BCUT2D eigenvalue weighted by Crippen LogP contribution is -2.04. The topological polar surface area (TPSA) is 59.1 Å². The molecule has 2 aromatic rings. The van der Waals surface area contributed by atoms with Crippen molar-refractivity contribution in [1.29, 1.82) is 0 Å². The highest BCUT2D eigenvalue weighted by Crippen LogP contribution is 2.14. The minimum absolute atomic E-state index is 0.629. The standard InChI is InChI=1S/C15H20N4O/c1-3-6-16-14-10-13(5-8-17-14)19-11-12-4-7-18-15(9-12)20-2/h4-5,7-10H,3,6,11H2,1-2H3,(H2,16,17,19). The third-order valence-corrected chi connectivity index (χ3v) is 2.82. The number of pyridine rings is 2. The van der Waals surface area contributed by atoms with E-state index in [0.717, 1.165) is 36.6 Å². The number of hydrogen-bond donors (Lipinski definition) is 2. The molecule has 2 rings (SSSR count). The summed E-state index contributed by atoms with van der Waals surface area (Å²) in [7, 11) is 1.62. The van der Waals surface area contributed by atoms with Crippen LogP contribution in [0.25, 0.3) is 0 Å². The van der Waals surface area contributed by atoms with Crippen LogP contribution in [0.5, 0.6) is 5.88 Å². The van der Waals surface area contributed by atoms with E-state index in [-0.39, 0.29) is 0 Å². The molecule has 106 valence electrons. The largest absolute Gasteiger partial charge is 0.481 e. The number of methoxy groups -OCH3 is 1. The number of ether oxygens (including phenoxy) is 1. The summed E-state index contributed by atoms with van der Waals surface area (Å²) in [5, 5.41) is 6.64. The van der Waals surface area contributed by atoms with Crippen LogP contribution in [0.3, 0.4) is 0 Å². The Bertz CT molecular complexity index is 545. The molecule has 5 nitrogen and oxygen atoms in total. The van der Waals surface area contributed by atoms with Crippen molar-refractivity contribution < 1.29 is 4.74 Å². The molecule has 0 aliphatic heterocycles. The third-order valence-electron chi connectivity index (χ3n) is 2.82. The molecule has 20 heavy (non-hydrogen) atoms. The van der Waals surface area contributed by atoms with Crippen molar-refractivity contribution >= 4 is 11.5 Å². The number of rotatable bonds is 7. The molecule has 2 N–H and O–H groups in total. The van der Waals surface area contributed by atoms with Crippen molar-refractivity contribution in [2.75, 3.05) is 24.3 Å². The molecule has 0 fully saturated rings. The van der Waals surface area contributed by atoms with Gasteiger partial charge in [-0.15, -0.1) is 0 Å². The van der Waals surface area contributed by atoms with Gasteiger partial charge in [0, 0.05) is 43.3 Å². The maximum Gasteiger partial charge on any atom is 0.213 e. The average Bonchev–Trinajstić information content (AvgIpc) is 2.51. The van der Waals surface area contributed by atoms with E-state index in [1.807, 2.05) is 24.3 Å². The second kappa shape index (κ2) is 7.33. The molecule has 0 saturated heterocycles. The second-order valence-electron chi connectivity index (χ2n) is 4.42. The zero-order valence-electron chi connectivity index (χ0n) is 11.9. The summed E-state index contributed by atoms with van der Waals surface area (Å²) in [5.41, 5.74) is 2.16. The van der Waals surface area contributed by atoms with Crippen LogP contribution in [0.1, 0.15) is 18.9 Å². The van der Waals surface area contributed by atoms with Crippen LogP contribution in [-0.4, -0.2) is 23.6 Å². The Balaban J connectivity index is 1.95. The van der Waals surface area contributed by atoms with Gasteiger partial charge in [-0.3, -0.25) is 0 Å².